The lowest BCUT2D eigenvalue weighted by Crippen LogP contribution is -2.46. The average Bonchev–Trinajstić information content (AvgIpc) is 3.25. The number of aldehydes is 1. The highest BCUT2D eigenvalue weighted by atomic mass is 19.4. The van der Waals surface area contributed by atoms with Crippen LogP contribution in [-0.2, 0) is 37.2 Å². The lowest BCUT2D eigenvalue weighted by Gasteiger charge is -2.30. The van der Waals surface area contributed by atoms with E-state index in [2.05, 4.69) is 16.0 Å². The summed E-state index contributed by atoms with van der Waals surface area (Å²) in [5, 5.41) is 18.2. The zero-order valence-electron chi connectivity index (χ0n) is 27.4. The average molecular weight is 665 g/mol. The Labute approximate surface area is 274 Å². The Morgan fingerprint density at radius 1 is 1.11 bits per heavy atom. The number of hydrogen-bond acceptors (Lipinski definition) is 9. The van der Waals surface area contributed by atoms with Gasteiger partial charge in [-0.1, -0.05) is 25.1 Å². The predicted molar refractivity (Wildman–Crippen MR) is 177 cm³/mol. The summed E-state index contributed by atoms with van der Waals surface area (Å²) < 4.78 is 41.5. The predicted octanol–water partition coefficient (Wildman–Crippen LogP) is 1.68. The molecule has 1 saturated carbocycles. The quantitative estimate of drug-likeness (QED) is 0.154. The molecular weight excluding hydrogens is 616 g/mol. The van der Waals surface area contributed by atoms with Crippen molar-refractivity contribution in [1.29, 1.82) is 0 Å². The van der Waals surface area contributed by atoms with Crippen molar-refractivity contribution in [1.82, 2.24) is 10.6 Å². The fourth-order valence-electron chi connectivity index (χ4n) is 5.26. The number of anilines is 1. The van der Waals surface area contributed by atoms with Gasteiger partial charge in [0, 0.05) is 30.2 Å². The van der Waals surface area contributed by atoms with E-state index in [0.717, 1.165) is 48.9 Å². The summed E-state index contributed by atoms with van der Waals surface area (Å²) in [4.78, 5) is 33.9. The lowest BCUT2D eigenvalue weighted by atomic mass is 9.78. The van der Waals surface area contributed by atoms with Gasteiger partial charge < -0.3 is 47.6 Å². The second-order valence-electron chi connectivity index (χ2n) is 12.2. The number of amides is 2. The Morgan fingerprint density at radius 2 is 1.72 bits per heavy atom. The summed E-state index contributed by atoms with van der Waals surface area (Å²) in [6, 6.07) is 10.7. The fourth-order valence-corrected chi connectivity index (χ4v) is 5.26. The minimum absolute atomic E-state index is 0.191. The molecule has 2 aliphatic rings. The summed E-state index contributed by atoms with van der Waals surface area (Å²) in [5.41, 5.74) is 18.8. The Balaban J connectivity index is 0.000000287. The van der Waals surface area contributed by atoms with Crippen molar-refractivity contribution >= 4 is 36.4 Å². The van der Waals surface area contributed by atoms with Crippen molar-refractivity contribution in [2.45, 2.75) is 95.2 Å². The van der Waals surface area contributed by atoms with Crippen molar-refractivity contribution in [2.24, 2.45) is 17.2 Å². The SMILES string of the molecule is CC1(C)OB(O)c2cc(NC(=O)CNC(=O)C(N)CCC=O)ccc21.CCc1ccc(C(F)(F)F)cc1.CNC1CC(N)CC(N)C1. The van der Waals surface area contributed by atoms with Crippen LogP contribution in [0.5, 0.6) is 0 Å². The van der Waals surface area contributed by atoms with E-state index >= 15 is 0 Å². The van der Waals surface area contributed by atoms with Crippen LogP contribution in [0.1, 0.15) is 69.6 Å². The van der Waals surface area contributed by atoms with Crippen molar-refractivity contribution < 1.29 is 37.2 Å². The number of carbonyl (C=O) groups excluding carboxylic acids is 3. The Hall–Kier alpha value is -3.34. The molecule has 260 valence electrons. The number of nitrogens with two attached hydrogens (primary N) is 3. The molecule has 11 nitrogen and oxygen atoms in total. The maximum Gasteiger partial charge on any atom is 0.492 e. The molecule has 2 amide bonds. The van der Waals surface area contributed by atoms with E-state index in [-0.39, 0.29) is 19.4 Å². The number of alkyl halides is 3. The summed E-state index contributed by atoms with van der Waals surface area (Å²) in [6.07, 6.45) is 0.788. The molecule has 0 spiro atoms. The first-order valence-electron chi connectivity index (χ1n) is 15.6. The Kier molecular flexibility index (Phi) is 15.5. The van der Waals surface area contributed by atoms with Gasteiger partial charge in [-0.3, -0.25) is 9.59 Å². The number of hydrogen-bond donors (Lipinski definition) is 7. The number of fused-ring (bicyclic) bond motifs is 1. The smallest absolute Gasteiger partial charge is 0.423 e. The number of nitrogens with one attached hydrogen (secondary N) is 3. The number of rotatable bonds is 9. The molecular formula is C32H48BF3N6O5. The van der Waals surface area contributed by atoms with E-state index in [1.807, 2.05) is 27.8 Å². The van der Waals surface area contributed by atoms with Crippen molar-refractivity contribution in [3.63, 3.8) is 0 Å². The topological polar surface area (TPSA) is 195 Å². The highest BCUT2D eigenvalue weighted by molar-refractivity contribution is 6.62. The standard InChI is InChI=1S/C16H22BN3O5.C9H9F3.C7H17N3/c1-16(2)11-6-5-10(8-12(11)17(24)25-16)20-14(22)9-19-15(23)13(18)4-3-7-21;1-2-7-3-5-8(6-4-7)9(10,11)12;1-10-7-3-5(8)2-6(9)4-7/h5-8,13,24H,3-4,9,18H2,1-2H3,(H,19,23)(H,20,22);3-6H,2H2,1H3;5-7,10H,2-4,8-9H2,1H3. The molecule has 1 fully saturated rings. The van der Waals surface area contributed by atoms with E-state index in [9.17, 15) is 32.6 Å². The molecule has 1 aliphatic heterocycles. The zero-order valence-corrected chi connectivity index (χ0v) is 27.4. The van der Waals surface area contributed by atoms with Gasteiger partial charge in [-0.05, 0) is 93.9 Å². The van der Waals surface area contributed by atoms with Crippen LogP contribution in [0, 0.1) is 0 Å². The first kappa shape index (κ1) is 39.8. The normalized spacial score (nSPS) is 20.4. The minimum atomic E-state index is -4.22. The zero-order chi connectivity index (χ0) is 35.4. The van der Waals surface area contributed by atoms with Crippen LogP contribution >= 0.6 is 0 Å². The van der Waals surface area contributed by atoms with Gasteiger partial charge in [-0.25, -0.2) is 0 Å². The highest BCUT2D eigenvalue weighted by Crippen LogP contribution is 2.31. The fraction of sp³-hybridized carbons (Fsp3) is 0.531. The van der Waals surface area contributed by atoms with Gasteiger partial charge in [0.25, 0.3) is 0 Å². The number of carbonyl (C=O) groups is 3. The molecule has 3 unspecified atom stereocenters. The summed E-state index contributed by atoms with van der Waals surface area (Å²) in [7, 11) is 0.924. The van der Waals surface area contributed by atoms with E-state index in [0.29, 0.717) is 35.6 Å². The van der Waals surface area contributed by atoms with Gasteiger partial charge in [0.15, 0.2) is 0 Å². The van der Waals surface area contributed by atoms with Crippen LogP contribution in [0.4, 0.5) is 18.9 Å². The van der Waals surface area contributed by atoms with Crippen LogP contribution in [0.2, 0.25) is 0 Å². The van der Waals surface area contributed by atoms with Crippen molar-refractivity contribution in [3.05, 3.63) is 59.2 Å². The van der Waals surface area contributed by atoms with Crippen LogP contribution in [0.3, 0.4) is 0 Å². The molecule has 3 atom stereocenters. The monoisotopic (exact) mass is 664 g/mol. The van der Waals surface area contributed by atoms with E-state index < -0.39 is 42.3 Å². The van der Waals surface area contributed by atoms with Gasteiger partial charge in [0.2, 0.25) is 11.8 Å². The molecule has 2 aromatic rings. The molecule has 0 aromatic heterocycles. The molecule has 15 heteroatoms. The van der Waals surface area contributed by atoms with Gasteiger partial charge in [-0.15, -0.1) is 0 Å². The number of benzene rings is 2. The molecule has 2 aromatic carbocycles. The maximum absolute atomic E-state index is 12.0. The third kappa shape index (κ3) is 13.0. The maximum atomic E-state index is 12.0. The van der Waals surface area contributed by atoms with E-state index in [4.69, 9.17) is 21.9 Å². The van der Waals surface area contributed by atoms with Crippen molar-refractivity contribution in [2.75, 3.05) is 18.9 Å². The Morgan fingerprint density at radius 3 is 2.26 bits per heavy atom. The highest BCUT2D eigenvalue weighted by Gasteiger charge is 2.40. The van der Waals surface area contributed by atoms with Gasteiger partial charge >= 0.3 is 13.3 Å². The van der Waals surface area contributed by atoms with Crippen LogP contribution in [-0.4, -0.2) is 68.0 Å². The molecule has 0 saturated heterocycles. The molecule has 10 N–H and O–H groups in total. The Bertz CT molecular complexity index is 1310. The molecule has 1 heterocycles. The number of halogens is 3. The first-order valence-corrected chi connectivity index (χ1v) is 15.6. The molecule has 4 rings (SSSR count). The second-order valence-corrected chi connectivity index (χ2v) is 12.2. The summed E-state index contributed by atoms with van der Waals surface area (Å²) >= 11 is 0. The molecule has 47 heavy (non-hydrogen) atoms. The number of aryl methyl sites for hydroxylation is 1. The minimum Gasteiger partial charge on any atom is -0.423 e. The third-order valence-electron chi connectivity index (χ3n) is 7.89. The molecule has 1 aliphatic carbocycles. The van der Waals surface area contributed by atoms with Crippen molar-refractivity contribution in [3.8, 4) is 0 Å². The van der Waals surface area contributed by atoms with E-state index in [1.54, 1.807) is 18.2 Å². The summed E-state index contributed by atoms with van der Waals surface area (Å²) in [6.45, 7) is 5.37. The van der Waals surface area contributed by atoms with Gasteiger partial charge in [-0.2, -0.15) is 13.2 Å². The van der Waals surface area contributed by atoms with Crippen LogP contribution in [0.25, 0.3) is 0 Å². The largest absolute Gasteiger partial charge is 0.492 e. The molecule has 0 bridgehead atoms. The third-order valence-corrected chi connectivity index (χ3v) is 7.89. The van der Waals surface area contributed by atoms with Gasteiger partial charge in [0.05, 0.1) is 23.8 Å². The summed E-state index contributed by atoms with van der Waals surface area (Å²) in [5.74, 6) is -0.917. The first-order chi connectivity index (χ1) is 22.0. The van der Waals surface area contributed by atoms with E-state index in [1.165, 1.54) is 12.1 Å². The molecule has 0 radical (unpaired) electrons. The second kappa shape index (κ2) is 18.3. The van der Waals surface area contributed by atoms with Gasteiger partial charge in [0.1, 0.15) is 6.29 Å². The van der Waals surface area contributed by atoms with Crippen LogP contribution < -0.4 is 38.6 Å². The van der Waals surface area contributed by atoms with Crippen LogP contribution in [0.15, 0.2) is 42.5 Å². The lowest BCUT2D eigenvalue weighted by molar-refractivity contribution is -0.137.